The molecule has 0 bridgehead atoms. The van der Waals surface area contributed by atoms with Crippen molar-refractivity contribution in [2.75, 3.05) is 0 Å². The van der Waals surface area contributed by atoms with Gasteiger partial charge in [-0.1, -0.05) is 24.3 Å². The van der Waals surface area contributed by atoms with E-state index in [9.17, 15) is 34.6 Å². The van der Waals surface area contributed by atoms with Crippen LogP contribution in [-0.2, 0) is 0 Å². The smallest absolute Gasteiger partial charge is 0.343 e. The fourth-order valence-electron chi connectivity index (χ4n) is 2.75. The Kier molecular flexibility index (Phi) is 3.38. The van der Waals surface area contributed by atoms with Crippen LogP contribution in [0.15, 0.2) is 30.3 Å². The number of ketones is 2. The van der Waals surface area contributed by atoms with Gasteiger partial charge in [0, 0.05) is 17.2 Å². The minimum atomic E-state index is -1.82. The van der Waals surface area contributed by atoms with E-state index in [1.807, 2.05) is 0 Å². The Morgan fingerprint density at radius 2 is 1.44 bits per heavy atom. The largest absolute Gasteiger partial charge is 0.477 e. The minimum Gasteiger partial charge on any atom is -0.477 e. The molecule has 0 fully saturated rings. The maximum absolute atomic E-state index is 12.7. The Hall–Kier alpha value is -3.95. The zero-order valence-corrected chi connectivity index (χ0v) is 12.1. The summed E-state index contributed by atoms with van der Waals surface area (Å²) in [5, 5.41) is 31.8. The molecule has 0 heterocycles. The highest BCUT2D eigenvalue weighted by molar-refractivity contribution is 6.31. The number of carboxylic acids is 1. The molecule has 3 rings (SSSR count). The van der Waals surface area contributed by atoms with Gasteiger partial charge < -0.3 is 5.11 Å². The number of hydrogen-bond acceptors (Lipinski definition) is 7. The third kappa shape index (κ3) is 2.16. The van der Waals surface area contributed by atoms with Crippen molar-refractivity contribution >= 4 is 28.9 Å². The third-order valence-electron chi connectivity index (χ3n) is 3.76. The van der Waals surface area contributed by atoms with E-state index >= 15 is 0 Å². The highest BCUT2D eigenvalue weighted by Crippen LogP contribution is 2.40. The molecule has 1 N–H and O–H groups in total. The van der Waals surface area contributed by atoms with E-state index in [1.165, 1.54) is 24.3 Å². The molecule has 25 heavy (non-hydrogen) atoms. The molecule has 2 aromatic rings. The predicted molar refractivity (Wildman–Crippen MR) is 80.0 cm³/mol. The zero-order valence-electron chi connectivity index (χ0n) is 12.1. The van der Waals surface area contributed by atoms with Gasteiger partial charge in [-0.2, -0.15) is 0 Å². The summed E-state index contributed by atoms with van der Waals surface area (Å²) in [6.07, 6.45) is 0. The molecule has 0 amide bonds. The number of aromatic carboxylic acids is 1. The lowest BCUT2D eigenvalue weighted by molar-refractivity contribution is -0.389. The summed E-state index contributed by atoms with van der Waals surface area (Å²) in [6, 6.07) is 5.77. The molecule has 2 aromatic carbocycles. The van der Waals surface area contributed by atoms with Crippen LogP contribution in [0.4, 0.5) is 11.4 Å². The van der Waals surface area contributed by atoms with Crippen LogP contribution in [0.2, 0.25) is 0 Å². The molecular formula is C15H6N2O8. The molecule has 124 valence electrons. The average molecular weight is 342 g/mol. The molecule has 0 spiro atoms. The maximum Gasteiger partial charge on any atom is 0.343 e. The first-order chi connectivity index (χ1) is 11.8. The van der Waals surface area contributed by atoms with Crippen LogP contribution in [0.3, 0.4) is 0 Å². The molecule has 0 unspecified atom stereocenters. The van der Waals surface area contributed by atoms with E-state index in [0.29, 0.717) is 6.07 Å². The number of hydrogen-bond donors (Lipinski definition) is 1. The van der Waals surface area contributed by atoms with Gasteiger partial charge in [0.2, 0.25) is 11.6 Å². The molecule has 0 atom stereocenters. The first kappa shape index (κ1) is 15.9. The van der Waals surface area contributed by atoms with E-state index in [-0.39, 0.29) is 11.1 Å². The van der Waals surface area contributed by atoms with E-state index < -0.39 is 55.4 Å². The number of carbonyl (C=O) groups is 3. The lowest BCUT2D eigenvalue weighted by atomic mass is 9.81. The van der Waals surface area contributed by atoms with Gasteiger partial charge in [-0.25, -0.2) is 4.79 Å². The van der Waals surface area contributed by atoms with Crippen LogP contribution in [0.5, 0.6) is 0 Å². The highest BCUT2D eigenvalue weighted by atomic mass is 16.6. The molecule has 0 radical (unpaired) electrons. The molecule has 10 heteroatoms. The molecule has 10 nitrogen and oxygen atoms in total. The Morgan fingerprint density at radius 3 is 1.88 bits per heavy atom. The summed E-state index contributed by atoms with van der Waals surface area (Å²) in [5.41, 5.74) is -5.10. The van der Waals surface area contributed by atoms with Gasteiger partial charge in [0.25, 0.3) is 11.4 Å². The second-order valence-electron chi connectivity index (χ2n) is 5.07. The number of nitrogens with zero attached hydrogens (tertiary/aromatic N) is 2. The van der Waals surface area contributed by atoms with Crippen molar-refractivity contribution in [3.05, 3.63) is 78.4 Å². The van der Waals surface area contributed by atoms with Crippen molar-refractivity contribution in [2.45, 2.75) is 0 Å². The SMILES string of the molecule is O=C(O)c1cc([N+](=O)[O-])c2c(c1[N+](=O)[O-])C(=O)c1ccccc1C2=O. The lowest BCUT2D eigenvalue weighted by Crippen LogP contribution is -2.25. The van der Waals surface area contributed by atoms with Gasteiger partial charge >= 0.3 is 5.97 Å². The van der Waals surface area contributed by atoms with Crippen molar-refractivity contribution < 1.29 is 29.3 Å². The number of rotatable bonds is 3. The number of nitro benzene ring substituents is 2. The van der Waals surface area contributed by atoms with Crippen molar-refractivity contribution in [3.63, 3.8) is 0 Å². The van der Waals surface area contributed by atoms with Gasteiger partial charge in [-0.15, -0.1) is 0 Å². The molecule has 1 aliphatic carbocycles. The van der Waals surface area contributed by atoms with Crippen LogP contribution >= 0.6 is 0 Å². The predicted octanol–water partition coefficient (Wildman–Crippen LogP) is 1.98. The summed E-state index contributed by atoms with van der Waals surface area (Å²) in [5.74, 6) is -3.78. The summed E-state index contributed by atoms with van der Waals surface area (Å²) in [6.45, 7) is 0. The quantitative estimate of drug-likeness (QED) is 0.559. The van der Waals surface area contributed by atoms with Gasteiger partial charge in [0.1, 0.15) is 16.7 Å². The number of carboxylic acid groups (broad SMARTS) is 1. The fourth-order valence-corrected chi connectivity index (χ4v) is 2.75. The molecule has 0 aliphatic heterocycles. The molecule has 0 aromatic heterocycles. The van der Waals surface area contributed by atoms with Crippen molar-refractivity contribution in [2.24, 2.45) is 0 Å². The van der Waals surface area contributed by atoms with E-state index in [0.717, 1.165) is 0 Å². The standard InChI is InChI=1S/C15H6N2O8/c18-13-6-3-1-2-4-7(6)14(19)11-10(13)9(16(22)23)5-8(15(20)21)12(11)17(24)25/h1-5H,(H,20,21). The van der Waals surface area contributed by atoms with Crippen molar-refractivity contribution in [1.82, 2.24) is 0 Å². The Balaban J connectivity index is 2.54. The van der Waals surface area contributed by atoms with E-state index in [4.69, 9.17) is 5.11 Å². The third-order valence-corrected chi connectivity index (χ3v) is 3.76. The average Bonchev–Trinajstić information content (AvgIpc) is 2.57. The van der Waals surface area contributed by atoms with Crippen LogP contribution in [0, 0.1) is 20.2 Å². The van der Waals surface area contributed by atoms with Crippen molar-refractivity contribution in [1.29, 1.82) is 0 Å². The number of carbonyl (C=O) groups excluding carboxylic acids is 2. The van der Waals surface area contributed by atoms with Crippen LogP contribution in [0.1, 0.15) is 42.2 Å². The van der Waals surface area contributed by atoms with Gasteiger partial charge in [-0.3, -0.25) is 29.8 Å². The molecule has 1 aliphatic rings. The number of benzene rings is 2. The summed E-state index contributed by atoms with van der Waals surface area (Å²) < 4.78 is 0. The Labute approximate surface area is 137 Å². The second kappa shape index (κ2) is 5.30. The maximum atomic E-state index is 12.7. The zero-order chi connectivity index (χ0) is 18.5. The van der Waals surface area contributed by atoms with Crippen LogP contribution in [-0.4, -0.2) is 32.5 Å². The monoisotopic (exact) mass is 342 g/mol. The topological polar surface area (TPSA) is 158 Å². The molecule has 0 saturated heterocycles. The minimum absolute atomic E-state index is 0.138. The Morgan fingerprint density at radius 1 is 0.920 bits per heavy atom. The highest BCUT2D eigenvalue weighted by Gasteiger charge is 2.44. The molecular weight excluding hydrogens is 336 g/mol. The Bertz CT molecular complexity index is 1020. The van der Waals surface area contributed by atoms with Crippen LogP contribution in [0.25, 0.3) is 0 Å². The molecule has 0 saturated carbocycles. The van der Waals surface area contributed by atoms with Gasteiger partial charge in [0.05, 0.1) is 9.85 Å². The van der Waals surface area contributed by atoms with E-state index in [2.05, 4.69) is 0 Å². The van der Waals surface area contributed by atoms with Gasteiger partial charge in [-0.05, 0) is 0 Å². The summed E-state index contributed by atoms with van der Waals surface area (Å²) >= 11 is 0. The lowest BCUT2D eigenvalue weighted by Gasteiger charge is -2.17. The van der Waals surface area contributed by atoms with E-state index in [1.54, 1.807) is 0 Å². The first-order valence-electron chi connectivity index (χ1n) is 6.67. The number of fused-ring (bicyclic) bond motifs is 2. The van der Waals surface area contributed by atoms with Crippen molar-refractivity contribution in [3.8, 4) is 0 Å². The fraction of sp³-hybridized carbons (Fsp3) is 0. The number of nitro groups is 2. The summed E-state index contributed by atoms with van der Waals surface area (Å²) in [4.78, 5) is 57.0. The van der Waals surface area contributed by atoms with Gasteiger partial charge in [0.15, 0.2) is 0 Å². The second-order valence-corrected chi connectivity index (χ2v) is 5.07. The summed E-state index contributed by atoms with van der Waals surface area (Å²) in [7, 11) is 0. The normalized spacial score (nSPS) is 12.3. The van der Waals surface area contributed by atoms with Crippen LogP contribution < -0.4 is 0 Å². The first-order valence-corrected chi connectivity index (χ1v) is 6.67.